The third-order valence-electron chi connectivity index (χ3n) is 4.50. The molecule has 0 bridgehead atoms. The molecular formula is C19H27N3NaO4. The van der Waals surface area contributed by atoms with Crippen LogP contribution < -0.4 is 16.4 Å². The van der Waals surface area contributed by atoms with Gasteiger partial charge in [-0.3, -0.25) is 19.7 Å². The summed E-state index contributed by atoms with van der Waals surface area (Å²) in [5, 5.41) is 14.3. The summed E-state index contributed by atoms with van der Waals surface area (Å²) < 4.78 is 0. The summed E-state index contributed by atoms with van der Waals surface area (Å²) in [6.07, 6.45) is 4.43. The number of unbranched alkanes of at least 4 members (excludes halogenated alkanes) is 3. The van der Waals surface area contributed by atoms with Crippen LogP contribution in [0.15, 0.2) is 30.3 Å². The van der Waals surface area contributed by atoms with Crippen LogP contribution in [-0.4, -0.2) is 77.0 Å². The second-order valence-corrected chi connectivity index (χ2v) is 6.63. The standard InChI is InChI=1S/C19H27N3O4.Na/c20-11-7-2-1-6-10-15(23)14(12-13-8-4-3-5-9-13)21-18(24)16-17(22-16)19(25)26;/h3-5,8-9,14,16-17,22H,1-2,6-7,10-12,20H2,(H,21,24)(H,25,26);/t14-,16-,17-;/m0./s1. The number of ketones is 1. The van der Waals surface area contributed by atoms with E-state index in [9.17, 15) is 14.4 Å². The number of benzene rings is 1. The Morgan fingerprint density at radius 3 is 2.33 bits per heavy atom. The molecule has 1 saturated heterocycles. The maximum atomic E-state index is 12.6. The van der Waals surface area contributed by atoms with Gasteiger partial charge in [-0.1, -0.05) is 43.2 Å². The summed E-state index contributed by atoms with van der Waals surface area (Å²) in [5.74, 6) is -1.52. The van der Waals surface area contributed by atoms with Gasteiger partial charge in [0.1, 0.15) is 12.1 Å². The molecule has 0 unspecified atom stereocenters. The van der Waals surface area contributed by atoms with E-state index in [4.69, 9.17) is 10.8 Å². The first kappa shape index (κ1) is 23.8. The van der Waals surface area contributed by atoms with E-state index < -0.39 is 30.0 Å². The Morgan fingerprint density at radius 1 is 1.07 bits per heavy atom. The number of nitrogens with one attached hydrogen (secondary N) is 2. The minimum absolute atomic E-state index is 0. The van der Waals surface area contributed by atoms with E-state index in [2.05, 4.69) is 10.6 Å². The maximum absolute atomic E-state index is 12.6. The Labute approximate surface area is 181 Å². The molecule has 27 heavy (non-hydrogen) atoms. The Morgan fingerprint density at radius 2 is 1.74 bits per heavy atom. The van der Waals surface area contributed by atoms with E-state index >= 15 is 0 Å². The van der Waals surface area contributed by atoms with Crippen LogP contribution in [0.3, 0.4) is 0 Å². The number of carboxylic acid groups (broad SMARTS) is 1. The molecule has 0 aromatic heterocycles. The second-order valence-electron chi connectivity index (χ2n) is 6.63. The Bertz CT molecular complexity index is 627. The predicted octanol–water partition coefficient (Wildman–Crippen LogP) is 0.236. The van der Waals surface area contributed by atoms with Gasteiger partial charge in [0.05, 0.1) is 6.04 Å². The molecule has 0 saturated carbocycles. The molecule has 1 fully saturated rings. The van der Waals surface area contributed by atoms with Gasteiger partial charge in [-0.2, -0.15) is 0 Å². The summed E-state index contributed by atoms with van der Waals surface area (Å²) in [4.78, 5) is 35.7. The van der Waals surface area contributed by atoms with Crippen LogP contribution in [-0.2, 0) is 20.8 Å². The number of aliphatic carboxylic acids is 1. The van der Waals surface area contributed by atoms with Crippen molar-refractivity contribution in [2.75, 3.05) is 6.54 Å². The molecular weight excluding hydrogens is 357 g/mol. The SMILES string of the molecule is NCCCCCCC(=O)[C@H](Cc1ccccc1)NC(=O)[C@H]1N[C@@H]1C(=O)O.[Na]. The number of hydrogen-bond donors (Lipinski definition) is 4. The number of carboxylic acids is 1. The van der Waals surface area contributed by atoms with Crippen molar-refractivity contribution in [1.29, 1.82) is 0 Å². The van der Waals surface area contributed by atoms with Crippen LogP contribution in [0.2, 0.25) is 0 Å². The molecule has 7 nitrogen and oxygen atoms in total. The van der Waals surface area contributed by atoms with Gasteiger partial charge in [-0.15, -0.1) is 0 Å². The topological polar surface area (TPSA) is 131 Å². The van der Waals surface area contributed by atoms with E-state index in [-0.39, 0.29) is 35.3 Å². The molecule has 1 heterocycles. The van der Waals surface area contributed by atoms with Crippen molar-refractivity contribution < 1.29 is 19.5 Å². The van der Waals surface area contributed by atoms with Crippen molar-refractivity contribution in [2.24, 2.45) is 5.73 Å². The summed E-state index contributed by atoms with van der Waals surface area (Å²) in [6.45, 7) is 0.653. The van der Waals surface area contributed by atoms with Crippen LogP contribution in [0.25, 0.3) is 0 Å². The van der Waals surface area contributed by atoms with Crippen molar-refractivity contribution in [3.05, 3.63) is 35.9 Å². The average Bonchev–Trinajstić information content (AvgIpc) is 3.43. The van der Waals surface area contributed by atoms with Crippen molar-refractivity contribution >= 4 is 47.2 Å². The van der Waals surface area contributed by atoms with Gasteiger partial charge < -0.3 is 16.2 Å². The Hall–Kier alpha value is -1.25. The quantitative estimate of drug-likeness (QED) is 0.232. The molecule has 0 aliphatic carbocycles. The first-order chi connectivity index (χ1) is 12.5. The number of nitrogens with two attached hydrogens (primary N) is 1. The fraction of sp³-hybridized carbons (Fsp3) is 0.526. The molecule has 1 radical (unpaired) electrons. The number of hydrogen-bond acceptors (Lipinski definition) is 5. The zero-order chi connectivity index (χ0) is 18.9. The third kappa shape index (κ3) is 8.11. The molecule has 2 rings (SSSR count). The van der Waals surface area contributed by atoms with Crippen LogP contribution in [0.4, 0.5) is 0 Å². The zero-order valence-electron chi connectivity index (χ0n) is 15.8. The predicted molar refractivity (Wildman–Crippen MR) is 103 cm³/mol. The summed E-state index contributed by atoms with van der Waals surface area (Å²) >= 11 is 0. The van der Waals surface area contributed by atoms with Gasteiger partial charge in [-0.05, 0) is 31.4 Å². The zero-order valence-corrected chi connectivity index (χ0v) is 17.8. The Kier molecular flexibility index (Phi) is 10.8. The van der Waals surface area contributed by atoms with Crippen LogP contribution in [0.1, 0.15) is 37.7 Å². The molecule has 1 amide bonds. The molecule has 1 aliphatic heterocycles. The maximum Gasteiger partial charge on any atom is 0.322 e. The summed E-state index contributed by atoms with van der Waals surface area (Å²) in [6, 6.07) is 7.20. The molecule has 8 heteroatoms. The third-order valence-corrected chi connectivity index (χ3v) is 4.50. The Balaban J connectivity index is 0.00000364. The largest absolute Gasteiger partial charge is 0.480 e. The molecule has 1 aliphatic rings. The van der Waals surface area contributed by atoms with E-state index in [1.165, 1.54) is 0 Å². The van der Waals surface area contributed by atoms with Gasteiger partial charge in [0.15, 0.2) is 5.78 Å². The van der Waals surface area contributed by atoms with Crippen molar-refractivity contribution in [3.8, 4) is 0 Å². The van der Waals surface area contributed by atoms with Crippen molar-refractivity contribution in [3.63, 3.8) is 0 Å². The van der Waals surface area contributed by atoms with E-state index in [0.717, 1.165) is 31.2 Å². The fourth-order valence-corrected chi connectivity index (χ4v) is 2.91. The monoisotopic (exact) mass is 384 g/mol. The van der Waals surface area contributed by atoms with E-state index in [1.54, 1.807) is 0 Å². The van der Waals surface area contributed by atoms with Crippen LogP contribution in [0.5, 0.6) is 0 Å². The molecule has 0 spiro atoms. The second kappa shape index (κ2) is 12.3. The molecule has 1 aromatic rings. The van der Waals surface area contributed by atoms with Gasteiger partial charge in [0.2, 0.25) is 5.91 Å². The average molecular weight is 384 g/mol. The number of rotatable bonds is 12. The van der Waals surface area contributed by atoms with E-state index in [0.29, 0.717) is 19.4 Å². The summed E-state index contributed by atoms with van der Waals surface area (Å²) in [7, 11) is 0. The molecule has 5 N–H and O–H groups in total. The smallest absolute Gasteiger partial charge is 0.322 e. The molecule has 143 valence electrons. The van der Waals surface area contributed by atoms with Gasteiger partial charge >= 0.3 is 5.97 Å². The first-order valence-electron chi connectivity index (χ1n) is 9.09. The van der Waals surface area contributed by atoms with E-state index in [1.807, 2.05) is 30.3 Å². The molecule has 1 aromatic carbocycles. The summed E-state index contributed by atoms with van der Waals surface area (Å²) in [5.41, 5.74) is 6.42. The van der Waals surface area contributed by atoms with Crippen molar-refractivity contribution in [1.82, 2.24) is 10.6 Å². The number of carbonyl (C=O) groups is 3. The number of amides is 1. The minimum atomic E-state index is -1.06. The van der Waals surface area contributed by atoms with Gasteiger partial charge in [0, 0.05) is 36.0 Å². The fourth-order valence-electron chi connectivity index (χ4n) is 2.91. The van der Waals surface area contributed by atoms with Crippen LogP contribution >= 0.6 is 0 Å². The van der Waals surface area contributed by atoms with Crippen molar-refractivity contribution in [2.45, 2.75) is 56.7 Å². The molecule has 3 atom stereocenters. The number of carbonyl (C=O) groups excluding carboxylic acids is 2. The normalized spacial score (nSPS) is 18.9. The first-order valence-corrected chi connectivity index (χ1v) is 9.09. The van der Waals surface area contributed by atoms with Gasteiger partial charge in [0.25, 0.3) is 0 Å². The van der Waals surface area contributed by atoms with Crippen LogP contribution in [0, 0.1) is 0 Å². The van der Waals surface area contributed by atoms with Gasteiger partial charge in [-0.25, -0.2) is 0 Å². The minimum Gasteiger partial charge on any atom is -0.480 e. The number of Topliss-reactive ketones (excluding diaryl/α,β-unsaturated/α-hetero) is 1.